The fourth-order valence-corrected chi connectivity index (χ4v) is 0.867. The number of amides is 1. The first-order chi connectivity index (χ1) is 6.74. The van der Waals surface area contributed by atoms with E-state index in [0.29, 0.717) is 17.9 Å². The summed E-state index contributed by atoms with van der Waals surface area (Å²) in [5, 5.41) is 2.97. The third-order valence-electron chi connectivity index (χ3n) is 1.58. The number of hydrogen-bond acceptors (Lipinski definition) is 3. The highest BCUT2D eigenvalue weighted by Gasteiger charge is 1.99. The molecule has 0 fully saturated rings. The first-order valence-corrected chi connectivity index (χ1v) is 4.13. The summed E-state index contributed by atoms with van der Waals surface area (Å²) in [6, 6.07) is 3.31. The Balaban J connectivity index is 2.62. The molecule has 0 aliphatic carbocycles. The van der Waals surface area contributed by atoms with Gasteiger partial charge in [0.2, 0.25) is 5.91 Å². The molecule has 0 atom stereocenters. The Labute approximate surface area is 82.5 Å². The normalized spacial score (nSPS) is 8.64. The molecule has 0 aromatic carbocycles. The summed E-state index contributed by atoms with van der Waals surface area (Å²) in [5.41, 5.74) is 5.46. The van der Waals surface area contributed by atoms with E-state index in [9.17, 15) is 4.79 Å². The molecular weight excluding hydrogens is 178 g/mol. The predicted molar refractivity (Wildman–Crippen MR) is 54.7 cm³/mol. The van der Waals surface area contributed by atoms with Gasteiger partial charge in [-0.1, -0.05) is 5.92 Å². The molecule has 0 aliphatic heterocycles. The quantitative estimate of drug-likeness (QED) is 0.685. The van der Waals surface area contributed by atoms with E-state index < -0.39 is 5.91 Å². The second-order valence-corrected chi connectivity index (χ2v) is 2.58. The molecule has 1 aromatic heterocycles. The summed E-state index contributed by atoms with van der Waals surface area (Å²) in [5.74, 6) is 5.80. The van der Waals surface area contributed by atoms with E-state index in [1.165, 1.54) is 6.20 Å². The second-order valence-electron chi connectivity index (χ2n) is 2.58. The number of nitrogens with two attached hydrogens (primary N) is 1. The lowest BCUT2D eigenvalue weighted by Crippen LogP contribution is -2.11. The van der Waals surface area contributed by atoms with Gasteiger partial charge in [0, 0.05) is 6.20 Å². The lowest BCUT2D eigenvalue weighted by Gasteiger charge is -2.00. The summed E-state index contributed by atoms with van der Waals surface area (Å²) in [6.07, 6.45) is 1.43. The van der Waals surface area contributed by atoms with Crippen molar-refractivity contribution in [3.05, 3.63) is 23.9 Å². The van der Waals surface area contributed by atoms with E-state index in [2.05, 4.69) is 22.1 Å². The fraction of sp³-hybridized carbons (Fsp3) is 0.200. The molecule has 14 heavy (non-hydrogen) atoms. The van der Waals surface area contributed by atoms with Gasteiger partial charge in [-0.25, -0.2) is 4.98 Å². The number of rotatable bonds is 3. The summed E-state index contributed by atoms with van der Waals surface area (Å²) >= 11 is 0. The number of primary amides is 1. The van der Waals surface area contributed by atoms with Crippen LogP contribution in [0.3, 0.4) is 0 Å². The SMILES string of the molecule is CC#CCNc1ccc(C(N)=O)cn1. The van der Waals surface area contributed by atoms with Crippen LogP contribution in [0, 0.1) is 11.8 Å². The predicted octanol–water partition coefficient (Wildman–Crippen LogP) is 0.616. The van der Waals surface area contributed by atoms with Crippen molar-refractivity contribution in [2.75, 3.05) is 11.9 Å². The zero-order valence-corrected chi connectivity index (χ0v) is 7.87. The van der Waals surface area contributed by atoms with Crippen molar-refractivity contribution in [1.29, 1.82) is 0 Å². The molecule has 1 heterocycles. The van der Waals surface area contributed by atoms with Crippen molar-refractivity contribution < 1.29 is 4.79 Å². The van der Waals surface area contributed by atoms with Crippen LogP contribution >= 0.6 is 0 Å². The average molecular weight is 189 g/mol. The van der Waals surface area contributed by atoms with Gasteiger partial charge < -0.3 is 11.1 Å². The first-order valence-electron chi connectivity index (χ1n) is 4.13. The van der Waals surface area contributed by atoms with Crippen molar-refractivity contribution in [1.82, 2.24) is 4.98 Å². The highest BCUT2D eigenvalue weighted by molar-refractivity contribution is 5.92. The summed E-state index contributed by atoms with van der Waals surface area (Å²) in [4.78, 5) is 14.7. The minimum atomic E-state index is -0.475. The fourth-order valence-electron chi connectivity index (χ4n) is 0.867. The number of anilines is 1. The molecule has 0 spiro atoms. The molecular formula is C10H11N3O. The molecule has 4 nitrogen and oxygen atoms in total. The van der Waals surface area contributed by atoms with Crippen LogP contribution in [0.1, 0.15) is 17.3 Å². The zero-order chi connectivity index (χ0) is 10.4. The molecule has 3 N–H and O–H groups in total. The minimum Gasteiger partial charge on any atom is -0.366 e. The van der Waals surface area contributed by atoms with Crippen molar-refractivity contribution in [3.63, 3.8) is 0 Å². The first kappa shape index (κ1) is 10.1. The lowest BCUT2D eigenvalue weighted by atomic mass is 10.3. The number of nitrogens with one attached hydrogen (secondary N) is 1. The van der Waals surface area contributed by atoms with E-state index in [1.54, 1.807) is 19.1 Å². The van der Waals surface area contributed by atoms with Crippen LogP contribution in [-0.2, 0) is 0 Å². The number of carbonyl (C=O) groups excluding carboxylic acids is 1. The van der Waals surface area contributed by atoms with Gasteiger partial charge in [0.05, 0.1) is 12.1 Å². The number of hydrogen-bond donors (Lipinski definition) is 2. The van der Waals surface area contributed by atoms with Gasteiger partial charge in [0.15, 0.2) is 0 Å². The van der Waals surface area contributed by atoms with E-state index in [-0.39, 0.29) is 0 Å². The molecule has 1 amide bonds. The van der Waals surface area contributed by atoms with E-state index in [1.807, 2.05) is 0 Å². The molecule has 1 aromatic rings. The van der Waals surface area contributed by atoms with Crippen LogP contribution < -0.4 is 11.1 Å². The second kappa shape index (κ2) is 4.87. The molecule has 0 saturated carbocycles. The monoisotopic (exact) mass is 189 g/mol. The standard InChI is InChI=1S/C10H11N3O/c1-2-3-6-12-9-5-4-8(7-13-9)10(11)14/h4-5,7H,6H2,1H3,(H2,11,14)(H,12,13). The molecule has 0 bridgehead atoms. The third-order valence-corrected chi connectivity index (χ3v) is 1.58. The molecule has 0 aliphatic rings. The molecule has 0 radical (unpaired) electrons. The summed E-state index contributed by atoms with van der Waals surface area (Å²) < 4.78 is 0. The Bertz CT molecular complexity index is 373. The van der Waals surface area contributed by atoms with Crippen molar-refractivity contribution in [2.45, 2.75) is 6.92 Å². The molecule has 0 saturated heterocycles. The van der Waals surface area contributed by atoms with E-state index in [4.69, 9.17) is 5.73 Å². The van der Waals surface area contributed by atoms with Gasteiger partial charge >= 0.3 is 0 Å². The van der Waals surface area contributed by atoms with E-state index in [0.717, 1.165) is 0 Å². The van der Waals surface area contributed by atoms with E-state index >= 15 is 0 Å². The van der Waals surface area contributed by atoms with Crippen molar-refractivity contribution in [2.24, 2.45) is 5.73 Å². The van der Waals surface area contributed by atoms with Gasteiger partial charge in [-0.2, -0.15) is 0 Å². The van der Waals surface area contributed by atoms with Gasteiger partial charge in [-0.15, -0.1) is 5.92 Å². The van der Waals surface area contributed by atoms with Crippen LogP contribution in [0.5, 0.6) is 0 Å². The maximum atomic E-state index is 10.7. The number of carbonyl (C=O) groups is 1. The van der Waals surface area contributed by atoms with Crippen LogP contribution in [0.2, 0.25) is 0 Å². The Morgan fingerprint density at radius 3 is 2.93 bits per heavy atom. The van der Waals surface area contributed by atoms with Crippen LogP contribution in [0.25, 0.3) is 0 Å². The highest BCUT2D eigenvalue weighted by Crippen LogP contribution is 2.03. The Hall–Kier alpha value is -2.02. The molecule has 72 valence electrons. The lowest BCUT2D eigenvalue weighted by molar-refractivity contribution is 0.1000. The maximum absolute atomic E-state index is 10.7. The highest BCUT2D eigenvalue weighted by atomic mass is 16.1. The molecule has 1 rings (SSSR count). The zero-order valence-electron chi connectivity index (χ0n) is 7.87. The van der Waals surface area contributed by atoms with Crippen molar-refractivity contribution >= 4 is 11.7 Å². The molecule has 4 heteroatoms. The number of aromatic nitrogens is 1. The van der Waals surface area contributed by atoms with Gasteiger partial charge in [0.25, 0.3) is 0 Å². The van der Waals surface area contributed by atoms with Crippen molar-refractivity contribution in [3.8, 4) is 11.8 Å². The van der Waals surface area contributed by atoms with Crippen LogP contribution in [0.4, 0.5) is 5.82 Å². The Morgan fingerprint density at radius 2 is 2.43 bits per heavy atom. The summed E-state index contributed by atoms with van der Waals surface area (Å²) in [6.45, 7) is 2.31. The maximum Gasteiger partial charge on any atom is 0.250 e. The average Bonchev–Trinajstić information content (AvgIpc) is 2.19. The number of pyridine rings is 1. The van der Waals surface area contributed by atoms with Crippen LogP contribution in [0.15, 0.2) is 18.3 Å². The minimum absolute atomic E-state index is 0.400. The van der Waals surface area contributed by atoms with Crippen LogP contribution in [-0.4, -0.2) is 17.4 Å². The smallest absolute Gasteiger partial charge is 0.250 e. The van der Waals surface area contributed by atoms with Gasteiger partial charge in [0.1, 0.15) is 5.82 Å². The van der Waals surface area contributed by atoms with Gasteiger partial charge in [-0.05, 0) is 19.1 Å². The number of nitrogens with zero attached hydrogens (tertiary/aromatic N) is 1. The summed E-state index contributed by atoms with van der Waals surface area (Å²) in [7, 11) is 0. The Kier molecular flexibility index (Phi) is 3.50. The molecule has 0 unspecified atom stereocenters. The Morgan fingerprint density at radius 1 is 1.64 bits per heavy atom. The van der Waals surface area contributed by atoms with Gasteiger partial charge in [-0.3, -0.25) is 4.79 Å². The largest absolute Gasteiger partial charge is 0.366 e. The topological polar surface area (TPSA) is 68.0 Å². The third kappa shape index (κ3) is 2.79.